The van der Waals surface area contributed by atoms with Crippen molar-refractivity contribution in [1.82, 2.24) is 45.0 Å². The maximum Gasteiger partial charge on any atom is 0.257 e. The zero-order chi connectivity index (χ0) is 86.3. The molecule has 122 heavy (non-hydrogen) atoms. The van der Waals surface area contributed by atoms with Gasteiger partial charge in [0.2, 0.25) is 0 Å². The number of fused-ring (bicyclic) bond motifs is 3. The number of benzene rings is 5. The van der Waals surface area contributed by atoms with Gasteiger partial charge < -0.3 is 68.7 Å². The van der Waals surface area contributed by atoms with Crippen LogP contribution < -0.4 is 44.7 Å². The molecule has 3 N–H and O–H groups in total. The van der Waals surface area contributed by atoms with E-state index in [9.17, 15) is 40.7 Å². The van der Waals surface area contributed by atoms with Crippen LogP contribution in [-0.2, 0) is 59.8 Å². The molecule has 23 nitrogen and oxygen atoms in total. The van der Waals surface area contributed by atoms with E-state index in [1.165, 1.54) is 55.6 Å². The lowest BCUT2D eigenvalue weighted by Crippen LogP contribution is -2.49. The van der Waals surface area contributed by atoms with Crippen LogP contribution in [0.25, 0.3) is 33.8 Å². The van der Waals surface area contributed by atoms with Crippen LogP contribution in [0.2, 0.25) is 5.02 Å². The summed E-state index contributed by atoms with van der Waals surface area (Å²) in [7, 11) is 6.22. The van der Waals surface area contributed by atoms with Gasteiger partial charge >= 0.3 is 0 Å². The van der Waals surface area contributed by atoms with E-state index in [0.717, 1.165) is 64.9 Å². The van der Waals surface area contributed by atoms with Gasteiger partial charge in [-0.1, -0.05) is 29.8 Å². The Morgan fingerprint density at radius 1 is 0.418 bits per heavy atom. The van der Waals surface area contributed by atoms with E-state index in [1.54, 1.807) is 61.5 Å². The van der Waals surface area contributed by atoms with Crippen LogP contribution in [0.1, 0.15) is 123 Å². The number of nitrogens with one attached hydrogen (secondary N) is 1. The van der Waals surface area contributed by atoms with Crippen molar-refractivity contribution in [2.75, 3.05) is 88.5 Å². The first-order valence-electron chi connectivity index (χ1n) is 39.9. The Bertz CT molecular complexity index is 5600. The Morgan fingerprint density at radius 2 is 0.779 bits per heavy atom. The standard InChI is InChI=1S/C34H34F2N4O4.C25H24F2N4O2.C22H17ClF2N2O3.C11H17N3O/c1-20-18-44-19-21(2)40(20)25-10-9-24(37-15-25)12-23-13-29(33-27(35)6-5-7-28(33)36)38-30-17-39(34(41)32(23)30)16-22-8-11-26(42-3)14-31(22)43-4;1-14-12-33-13-15(2)31(14)18-7-6-17(28-10-18)8-16-9-21(24-19(26)4-3-5-20(24)27)30-22-11-29-25(32)23(16)22;1-29-13-7-6-12(19(8-13)30-2)10-27-11-18-20(22(27)28)14(23)9-17(26-18)21-15(24)4-3-5-16(21)25;1-8-6-15-7-9(2)14(8)10-3-4-11(12)13-5-10/h5-11,13-15,20-21H,12,16-19H2,1-4H3;3-7,9-10,14-15H,8,11-13H2,1-2H3,(H,29,32);3-9H,10-11H2,1-2H3;3-5,8-9H,6-7H2,1-2H3,(H2,12,13)/t20-,21-;14-,15-;;8-,9-/m00.0/s1. The van der Waals surface area contributed by atoms with Crippen molar-refractivity contribution >= 4 is 52.2 Å². The third-order valence-electron chi connectivity index (χ3n) is 22.1. The van der Waals surface area contributed by atoms with Crippen LogP contribution in [0.3, 0.4) is 0 Å². The largest absolute Gasteiger partial charge is 0.497 e. The zero-order valence-corrected chi connectivity index (χ0v) is 69.7. The van der Waals surface area contributed by atoms with Crippen molar-refractivity contribution in [3.8, 4) is 56.8 Å². The summed E-state index contributed by atoms with van der Waals surface area (Å²) >= 11 is 6.32. The van der Waals surface area contributed by atoms with Crippen molar-refractivity contribution in [2.45, 2.75) is 123 Å². The van der Waals surface area contributed by atoms with Gasteiger partial charge in [-0.25, -0.2) is 46.3 Å². The number of halogens is 7. The van der Waals surface area contributed by atoms with E-state index >= 15 is 0 Å². The quantitative estimate of drug-likeness (QED) is 0.0758. The molecule has 0 spiro atoms. The molecule has 3 amide bonds. The lowest BCUT2D eigenvalue weighted by Gasteiger charge is -2.40. The van der Waals surface area contributed by atoms with Gasteiger partial charge in [0.15, 0.2) is 0 Å². The number of nitrogens with two attached hydrogens (primary N) is 1. The maximum atomic E-state index is 14.9. The van der Waals surface area contributed by atoms with Crippen molar-refractivity contribution in [3.63, 3.8) is 0 Å². The molecule has 3 fully saturated rings. The van der Waals surface area contributed by atoms with E-state index in [2.05, 4.69) is 86.5 Å². The summed E-state index contributed by atoms with van der Waals surface area (Å²) in [5.74, 6) is -2.08. The molecule has 11 aromatic rings. The van der Waals surface area contributed by atoms with E-state index in [4.69, 9.17) is 55.5 Å². The average Bonchev–Trinajstić information content (AvgIpc) is 1.68. The SMILES string of the molecule is COc1ccc(CN2Cc3nc(-c4c(F)cccc4F)cc(Cc4ccc(N5[C@@H](C)COC[C@@H]5C)cn4)c3C2=O)c(OC)c1.COc1ccc(CN2Cc3nc(-c4c(F)cccc4F)cc(Cl)c3C2=O)c(OC)c1.C[C@H]1COC[C@H](C)N1c1ccc(Cc2cc(-c3c(F)cccc3F)nc3c2C(=O)NC3)nc1.C[C@H]1COC[C@H](C)N1c1ccc(N)nc1. The van der Waals surface area contributed by atoms with Crippen molar-refractivity contribution < 1.29 is 73.9 Å². The number of carbonyl (C=O) groups is 3. The number of nitrogen functional groups attached to an aromatic ring is 1. The van der Waals surface area contributed by atoms with Crippen molar-refractivity contribution in [1.29, 1.82) is 0 Å². The van der Waals surface area contributed by atoms with Crippen LogP contribution in [0.4, 0.5) is 49.2 Å². The fourth-order valence-corrected chi connectivity index (χ4v) is 16.7. The van der Waals surface area contributed by atoms with Gasteiger partial charge in [0, 0.05) is 83.7 Å². The first-order chi connectivity index (χ1) is 58.8. The number of nitrogens with zero attached hydrogens (tertiary/aromatic N) is 11. The third kappa shape index (κ3) is 18.6. The molecular weight excluding hydrogens is 1600 g/mol. The third-order valence-corrected chi connectivity index (χ3v) is 22.4. The lowest BCUT2D eigenvalue weighted by atomic mass is 9.98. The van der Waals surface area contributed by atoms with Crippen LogP contribution in [-0.4, -0.2) is 162 Å². The number of aromatic nitrogens is 6. The molecule has 12 heterocycles. The van der Waals surface area contributed by atoms with Crippen LogP contribution in [0.15, 0.2) is 164 Å². The molecule has 17 rings (SSSR count). The van der Waals surface area contributed by atoms with Gasteiger partial charge in [-0.05, 0) is 168 Å². The fraction of sp³-hybridized carbons (Fsp3) is 0.315. The van der Waals surface area contributed by atoms with Gasteiger partial charge in [0.05, 0.1) is 209 Å². The summed E-state index contributed by atoms with van der Waals surface area (Å²) in [6, 6.07) is 39.7. The van der Waals surface area contributed by atoms with Crippen LogP contribution >= 0.6 is 11.6 Å². The highest BCUT2D eigenvalue weighted by Crippen LogP contribution is 2.40. The summed E-state index contributed by atoms with van der Waals surface area (Å²) in [4.78, 5) is 76.2. The van der Waals surface area contributed by atoms with Crippen LogP contribution in [0.5, 0.6) is 23.0 Å². The second kappa shape index (κ2) is 37.7. The second-order valence-electron chi connectivity index (χ2n) is 30.7. The Morgan fingerprint density at radius 3 is 1.15 bits per heavy atom. The van der Waals surface area contributed by atoms with Gasteiger partial charge in [0.1, 0.15) is 63.7 Å². The Balaban J connectivity index is 0.000000140. The number of hydrogen-bond acceptors (Lipinski definition) is 20. The van der Waals surface area contributed by atoms with E-state index < -0.39 is 34.9 Å². The van der Waals surface area contributed by atoms with E-state index in [1.807, 2.05) is 73.2 Å². The highest BCUT2D eigenvalue weighted by atomic mass is 35.5. The Labute approximate surface area is 707 Å². The number of methoxy groups -OCH3 is 4. The smallest absolute Gasteiger partial charge is 0.257 e. The van der Waals surface area contributed by atoms with Gasteiger partial charge in [-0.3, -0.25) is 24.4 Å². The van der Waals surface area contributed by atoms with Crippen molar-refractivity contribution in [2.24, 2.45) is 0 Å². The van der Waals surface area contributed by atoms with Crippen LogP contribution in [0, 0.1) is 34.9 Å². The Kier molecular flexibility index (Phi) is 26.6. The number of amides is 3. The zero-order valence-electron chi connectivity index (χ0n) is 69.0. The Hall–Kier alpha value is -12.4. The summed E-state index contributed by atoms with van der Waals surface area (Å²) in [6.45, 7) is 18.0. The van der Waals surface area contributed by atoms with Gasteiger partial charge in [-0.15, -0.1) is 0 Å². The number of hydrogen-bond donors (Lipinski definition) is 2. The molecule has 30 heteroatoms. The highest BCUT2D eigenvalue weighted by molar-refractivity contribution is 6.34. The molecule has 6 aliphatic rings. The fourth-order valence-electron chi connectivity index (χ4n) is 16.4. The molecule has 6 aromatic heterocycles. The lowest BCUT2D eigenvalue weighted by molar-refractivity contribution is 0.0756. The summed E-state index contributed by atoms with van der Waals surface area (Å²) in [6.07, 6.45) is 6.11. The molecule has 5 aromatic carbocycles. The molecule has 6 aliphatic heterocycles. The number of carbonyl (C=O) groups excluding carboxylic acids is 3. The second-order valence-corrected chi connectivity index (χ2v) is 31.1. The summed E-state index contributed by atoms with van der Waals surface area (Å²) < 4.78 is 125. The van der Waals surface area contributed by atoms with E-state index in [-0.39, 0.29) is 125 Å². The molecule has 0 bridgehead atoms. The normalized spacial score (nSPS) is 18.3. The minimum absolute atomic E-state index is 0.0472. The maximum absolute atomic E-state index is 14.9. The predicted molar refractivity (Wildman–Crippen MR) is 451 cm³/mol. The summed E-state index contributed by atoms with van der Waals surface area (Å²) in [5, 5.41) is 2.86. The van der Waals surface area contributed by atoms with Crippen molar-refractivity contribution in [3.05, 3.63) is 272 Å². The average molecular weight is 1690 g/mol. The molecule has 0 radical (unpaired) electrons. The number of rotatable bonds is 18. The van der Waals surface area contributed by atoms with Gasteiger partial charge in [0.25, 0.3) is 17.7 Å². The number of pyridine rings is 6. The topological polar surface area (TPSA) is 247 Å². The molecule has 3 saturated heterocycles. The molecule has 0 saturated carbocycles. The molecule has 634 valence electrons. The van der Waals surface area contributed by atoms with Gasteiger partial charge in [-0.2, -0.15) is 0 Å². The number of ether oxygens (including phenoxy) is 7. The minimum Gasteiger partial charge on any atom is -0.497 e. The molecular formula is C92H92ClF6N13O10. The minimum atomic E-state index is -0.748. The highest BCUT2D eigenvalue weighted by Gasteiger charge is 2.37. The first kappa shape index (κ1) is 86.0. The predicted octanol–water partition coefficient (Wildman–Crippen LogP) is 15.8. The van der Waals surface area contributed by atoms with E-state index in [0.29, 0.717) is 113 Å². The molecule has 0 aliphatic carbocycles. The summed E-state index contributed by atoms with van der Waals surface area (Å²) in [5.41, 5.74) is 15.1. The molecule has 0 unspecified atom stereocenters. The monoisotopic (exact) mass is 1690 g/mol. The number of morpholine rings is 3. The molecule has 6 atom stereocenters. The first-order valence-corrected chi connectivity index (χ1v) is 40.2. The number of anilines is 4.